The van der Waals surface area contributed by atoms with E-state index in [0.717, 1.165) is 24.5 Å². The zero-order valence-electron chi connectivity index (χ0n) is 12.8. The molecule has 2 aliphatic rings. The Bertz CT molecular complexity index is 463. The monoisotopic (exact) mass is 291 g/mol. The molecule has 1 aliphatic heterocycles. The Balaban J connectivity index is 1.50. The molecule has 21 heavy (non-hydrogen) atoms. The van der Waals surface area contributed by atoms with Gasteiger partial charge in [0.1, 0.15) is 13.2 Å². The second-order valence-corrected chi connectivity index (χ2v) is 5.85. The van der Waals surface area contributed by atoms with Crippen molar-refractivity contribution in [2.24, 2.45) is 0 Å². The van der Waals surface area contributed by atoms with Gasteiger partial charge in [0.15, 0.2) is 11.5 Å². The van der Waals surface area contributed by atoms with Crippen LogP contribution in [-0.4, -0.2) is 39.0 Å². The summed E-state index contributed by atoms with van der Waals surface area (Å²) in [6, 6.07) is 6.75. The zero-order chi connectivity index (χ0) is 14.5. The summed E-state index contributed by atoms with van der Waals surface area (Å²) in [7, 11) is 1.82. The number of hydrogen-bond acceptors (Lipinski definition) is 4. The fourth-order valence-corrected chi connectivity index (χ4v) is 3.26. The maximum absolute atomic E-state index is 5.63. The van der Waals surface area contributed by atoms with Gasteiger partial charge in [-0.25, -0.2) is 0 Å². The van der Waals surface area contributed by atoms with Crippen molar-refractivity contribution < 1.29 is 14.2 Å². The van der Waals surface area contributed by atoms with Crippen LogP contribution in [0.4, 0.5) is 0 Å². The van der Waals surface area contributed by atoms with Crippen molar-refractivity contribution in [3.63, 3.8) is 0 Å². The van der Waals surface area contributed by atoms with E-state index in [0.29, 0.717) is 25.4 Å². The maximum Gasteiger partial charge on any atom is 0.161 e. The molecule has 0 amide bonds. The number of rotatable bonds is 5. The van der Waals surface area contributed by atoms with Crippen LogP contribution in [0.15, 0.2) is 18.2 Å². The number of fused-ring (bicyclic) bond motifs is 1. The summed E-state index contributed by atoms with van der Waals surface area (Å²) in [6.07, 6.45) is 6.38. The molecular formula is C17H25NO3. The normalized spacial score (nSPS) is 24.8. The summed E-state index contributed by atoms with van der Waals surface area (Å²) in [5, 5.41) is 3.65. The molecule has 0 aromatic heterocycles. The van der Waals surface area contributed by atoms with Crippen LogP contribution >= 0.6 is 0 Å². The number of hydrogen-bond donors (Lipinski definition) is 1. The Hall–Kier alpha value is -1.26. The molecule has 1 N–H and O–H groups in total. The summed E-state index contributed by atoms with van der Waals surface area (Å²) in [5.74, 6) is 1.75. The molecule has 1 saturated carbocycles. The van der Waals surface area contributed by atoms with E-state index in [4.69, 9.17) is 14.2 Å². The molecule has 0 spiro atoms. The molecule has 2 atom stereocenters. The van der Waals surface area contributed by atoms with Gasteiger partial charge >= 0.3 is 0 Å². The zero-order valence-corrected chi connectivity index (χ0v) is 12.8. The lowest BCUT2D eigenvalue weighted by Gasteiger charge is -2.31. The third kappa shape index (κ3) is 3.69. The van der Waals surface area contributed by atoms with Crippen molar-refractivity contribution in [2.75, 3.05) is 26.9 Å². The molecule has 1 aliphatic carbocycles. The van der Waals surface area contributed by atoms with Gasteiger partial charge in [-0.2, -0.15) is 0 Å². The highest BCUT2D eigenvalue weighted by Crippen LogP contribution is 2.30. The van der Waals surface area contributed by atoms with Crippen LogP contribution in [0.5, 0.6) is 11.5 Å². The van der Waals surface area contributed by atoms with Crippen molar-refractivity contribution in [3.05, 3.63) is 23.8 Å². The molecule has 0 radical (unpaired) electrons. The molecule has 1 heterocycles. The first-order chi connectivity index (χ1) is 10.4. The van der Waals surface area contributed by atoms with Gasteiger partial charge in [0, 0.05) is 13.2 Å². The van der Waals surface area contributed by atoms with Gasteiger partial charge in [0.05, 0.1) is 6.10 Å². The fourth-order valence-electron chi connectivity index (χ4n) is 3.26. The average Bonchev–Trinajstić information content (AvgIpc) is 2.55. The summed E-state index contributed by atoms with van der Waals surface area (Å²) in [6.45, 7) is 2.27. The molecule has 1 aromatic rings. The van der Waals surface area contributed by atoms with E-state index in [9.17, 15) is 0 Å². The molecule has 116 valence electrons. The van der Waals surface area contributed by atoms with Gasteiger partial charge in [-0.05, 0) is 43.5 Å². The lowest BCUT2D eigenvalue weighted by Crippen LogP contribution is -2.43. The number of benzene rings is 1. The Kier molecular flexibility index (Phi) is 4.99. The first-order valence-corrected chi connectivity index (χ1v) is 8.01. The van der Waals surface area contributed by atoms with E-state index >= 15 is 0 Å². The highest BCUT2D eigenvalue weighted by Gasteiger charge is 2.24. The van der Waals surface area contributed by atoms with Gasteiger partial charge in [0.25, 0.3) is 0 Å². The second-order valence-electron chi connectivity index (χ2n) is 5.85. The Morgan fingerprint density at radius 3 is 2.81 bits per heavy atom. The predicted molar refractivity (Wildman–Crippen MR) is 82.2 cm³/mol. The van der Waals surface area contributed by atoms with Crippen molar-refractivity contribution in [1.29, 1.82) is 0 Å². The molecule has 1 aromatic carbocycles. The molecule has 1 fully saturated rings. The van der Waals surface area contributed by atoms with Crippen LogP contribution < -0.4 is 14.8 Å². The highest BCUT2D eigenvalue weighted by atomic mass is 16.6. The maximum atomic E-state index is 5.63. The van der Waals surface area contributed by atoms with Crippen molar-refractivity contribution in [2.45, 2.75) is 44.2 Å². The molecule has 2 unspecified atom stereocenters. The minimum atomic E-state index is 0.374. The minimum Gasteiger partial charge on any atom is -0.486 e. The standard InChI is InChI=1S/C17H25NO3/c1-19-15-5-3-2-4-14(15)18-9-8-13-6-7-16-17(12-13)21-11-10-20-16/h6-7,12,14-15,18H,2-5,8-11H2,1H3. The van der Waals surface area contributed by atoms with E-state index in [-0.39, 0.29) is 0 Å². The third-order valence-electron chi connectivity index (χ3n) is 4.43. The predicted octanol–water partition coefficient (Wildman–Crippen LogP) is 2.55. The third-order valence-corrected chi connectivity index (χ3v) is 4.43. The number of methoxy groups -OCH3 is 1. The molecule has 4 nitrogen and oxygen atoms in total. The lowest BCUT2D eigenvalue weighted by molar-refractivity contribution is 0.0421. The van der Waals surface area contributed by atoms with Gasteiger partial charge in [0.2, 0.25) is 0 Å². The van der Waals surface area contributed by atoms with E-state index in [2.05, 4.69) is 17.4 Å². The Labute approximate surface area is 126 Å². The highest BCUT2D eigenvalue weighted by molar-refractivity contribution is 5.43. The van der Waals surface area contributed by atoms with Crippen LogP contribution in [0.3, 0.4) is 0 Å². The first kappa shape index (κ1) is 14.7. The van der Waals surface area contributed by atoms with Crippen molar-refractivity contribution in [3.8, 4) is 11.5 Å². The quantitative estimate of drug-likeness (QED) is 0.905. The Morgan fingerprint density at radius 1 is 1.14 bits per heavy atom. The minimum absolute atomic E-state index is 0.374. The molecule has 3 rings (SSSR count). The summed E-state index contributed by atoms with van der Waals surface area (Å²) in [5.41, 5.74) is 1.29. The van der Waals surface area contributed by atoms with Crippen LogP contribution in [0, 0.1) is 0 Å². The summed E-state index contributed by atoms with van der Waals surface area (Å²) >= 11 is 0. The number of ether oxygens (including phenoxy) is 3. The lowest BCUT2D eigenvalue weighted by atomic mass is 9.92. The Morgan fingerprint density at radius 2 is 1.95 bits per heavy atom. The van der Waals surface area contributed by atoms with E-state index in [1.165, 1.54) is 31.2 Å². The van der Waals surface area contributed by atoms with Crippen LogP contribution in [-0.2, 0) is 11.2 Å². The second kappa shape index (κ2) is 7.14. The van der Waals surface area contributed by atoms with E-state index < -0.39 is 0 Å². The topological polar surface area (TPSA) is 39.7 Å². The van der Waals surface area contributed by atoms with E-state index in [1.807, 2.05) is 13.2 Å². The largest absolute Gasteiger partial charge is 0.486 e. The van der Waals surface area contributed by atoms with Gasteiger partial charge in [-0.3, -0.25) is 0 Å². The molecule has 4 heteroatoms. The average molecular weight is 291 g/mol. The van der Waals surface area contributed by atoms with E-state index in [1.54, 1.807) is 0 Å². The summed E-state index contributed by atoms with van der Waals surface area (Å²) in [4.78, 5) is 0. The molecule has 0 saturated heterocycles. The molecule has 0 bridgehead atoms. The van der Waals surface area contributed by atoms with Crippen LogP contribution in [0.1, 0.15) is 31.2 Å². The SMILES string of the molecule is COC1CCCCC1NCCc1ccc2c(c1)OCCO2. The van der Waals surface area contributed by atoms with Crippen molar-refractivity contribution >= 4 is 0 Å². The summed E-state index contributed by atoms with van der Waals surface area (Å²) < 4.78 is 16.8. The van der Waals surface area contributed by atoms with Crippen LogP contribution in [0.2, 0.25) is 0 Å². The molecular weight excluding hydrogens is 266 g/mol. The van der Waals surface area contributed by atoms with Gasteiger partial charge in [-0.1, -0.05) is 18.9 Å². The fraction of sp³-hybridized carbons (Fsp3) is 0.647. The number of nitrogens with one attached hydrogen (secondary N) is 1. The smallest absolute Gasteiger partial charge is 0.161 e. The van der Waals surface area contributed by atoms with Crippen LogP contribution in [0.25, 0.3) is 0 Å². The van der Waals surface area contributed by atoms with Gasteiger partial charge < -0.3 is 19.5 Å². The first-order valence-electron chi connectivity index (χ1n) is 8.01. The van der Waals surface area contributed by atoms with Gasteiger partial charge in [-0.15, -0.1) is 0 Å². The van der Waals surface area contributed by atoms with Crippen molar-refractivity contribution in [1.82, 2.24) is 5.32 Å².